The van der Waals surface area contributed by atoms with Gasteiger partial charge in [-0.3, -0.25) is 0 Å². The second-order valence-electron chi connectivity index (χ2n) is 8.74. The molecule has 0 aromatic heterocycles. The summed E-state index contributed by atoms with van der Waals surface area (Å²) in [6, 6.07) is 0. The highest BCUT2D eigenvalue weighted by Gasteiger charge is 2.70. The molecule has 1 N–H and O–H groups in total. The normalized spacial score (nSPS) is 46.2. The Kier molecular flexibility index (Phi) is 3.96. The molecule has 0 radical (unpaired) electrons. The topological polar surface area (TPSA) is 46.5 Å². The largest absolute Gasteiger partial charge is 0.478 e. The highest BCUT2D eigenvalue weighted by molar-refractivity contribution is 5.80. The summed E-state index contributed by atoms with van der Waals surface area (Å²) in [4.78, 5) is 11.1. The van der Waals surface area contributed by atoms with Crippen molar-refractivity contribution in [3.63, 3.8) is 0 Å². The van der Waals surface area contributed by atoms with Gasteiger partial charge >= 0.3 is 5.97 Å². The van der Waals surface area contributed by atoms with E-state index >= 15 is 0 Å². The van der Waals surface area contributed by atoms with Gasteiger partial charge in [0.15, 0.2) is 0 Å². The van der Waals surface area contributed by atoms with Crippen molar-refractivity contribution in [2.24, 2.45) is 22.2 Å². The number of aliphatic carboxylic acids is 1. The maximum Gasteiger partial charge on any atom is 0.328 e. The molecular weight excluding hydrogens is 312 g/mol. The highest BCUT2D eigenvalue weighted by atomic mass is 16.5. The van der Waals surface area contributed by atoms with E-state index in [1.54, 1.807) is 0 Å². The van der Waals surface area contributed by atoms with E-state index < -0.39 is 5.97 Å². The minimum Gasteiger partial charge on any atom is -0.478 e. The van der Waals surface area contributed by atoms with Crippen LogP contribution in [0.3, 0.4) is 0 Å². The van der Waals surface area contributed by atoms with Crippen LogP contribution in [0.25, 0.3) is 0 Å². The Morgan fingerprint density at radius 2 is 1.84 bits per heavy atom. The molecule has 1 unspecified atom stereocenters. The van der Waals surface area contributed by atoms with Crippen LogP contribution >= 0.6 is 0 Å². The van der Waals surface area contributed by atoms with E-state index in [2.05, 4.69) is 66.7 Å². The Morgan fingerprint density at radius 1 is 1.20 bits per heavy atom. The average Bonchev–Trinajstić information content (AvgIpc) is 2.86. The van der Waals surface area contributed by atoms with Gasteiger partial charge < -0.3 is 9.84 Å². The lowest BCUT2D eigenvalue weighted by atomic mass is 9.50. The smallest absolute Gasteiger partial charge is 0.328 e. The third-order valence-electron chi connectivity index (χ3n) is 7.13. The Hall–Kier alpha value is -1.61. The molecule has 136 valence electrons. The summed E-state index contributed by atoms with van der Waals surface area (Å²) in [7, 11) is 0. The number of carboxylic acid groups (broad SMARTS) is 1. The predicted molar refractivity (Wildman–Crippen MR) is 100 cm³/mol. The Bertz CT molecular complexity index is 740. The van der Waals surface area contributed by atoms with Crippen LogP contribution < -0.4 is 0 Å². The van der Waals surface area contributed by atoms with Gasteiger partial charge in [0.1, 0.15) is 0 Å². The summed E-state index contributed by atoms with van der Waals surface area (Å²) in [5, 5.41) is 9.15. The fraction of sp³-hybridized carbons (Fsp3) is 0.591. The molecule has 1 aliphatic heterocycles. The molecule has 3 nitrogen and oxygen atoms in total. The van der Waals surface area contributed by atoms with Crippen LogP contribution in [-0.2, 0) is 9.53 Å². The minimum atomic E-state index is -0.896. The van der Waals surface area contributed by atoms with Gasteiger partial charge in [0.25, 0.3) is 0 Å². The lowest BCUT2D eigenvalue weighted by molar-refractivity contribution is -0.131. The molecule has 0 saturated carbocycles. The second kappa shape index (κ2) is 5.44. The Labute approximate surface area is 151 Å². The van der Waals surface area contributed by atoms with Crippen molar-refractivity contribution in [2.75, 3.05) is 0 Å². The zero-order chi connectivity index (χ0) is 18.8. The molecule has 0 aromatic carbocycles. The van der Waals surface area contributed by atoms with E-state index in [-0.39, 0.29) is 34.4 Å². The number of hydrogen-bond donors (Lipinski definition) is 1. The van der Waals surface area contributed by atoms with Crippen molar-refractivity contribution in [1.82, 2.24) is 0 Å². The van der Waals surface area contributed by atoms with E-state index in [4.69, 9.17) is 9.84 Å². The molecule has 3 rings (SSSR count). The standard InChI is InChI=1S/C22H30O3/c1-8-13(2)18-21(6)12-14(3)17-20(5,10-9-16(23)24)11-15(4)19(25-18)22(17,21)7/h8-12,17-19H,1-7H3,(H,23,24)/b10-9+,13-8+/t17-,18-,19?,20-,21+,22-/m1/s1. The first-order valence-electron chi connectivity index (χ1n) is 9.10. The van der Waals surface area contributed by atoms with Crippen LogP contribution in [0.1, 0.15) is 48.5 Å². The molecule has 1 heterocycles. The van der Waals surface area contributed by atoms with Gasteiger partial charge in [-0.25, -0.2) is 4.79 Å². The van der Waals surface area contributed by atoms with Gasteiger partial charge in [-0.05, 0) is 38.8 Å². The third-order valence-corrected chi connectivity index (χ3v) is 7.13. The lowest BCUT2D eigenvalue weighted by Crippen LogP contribution is -2.51. The van der Waals surface area contributed by atoms with Crippen molar-refractivity contribution in [3.05, 3.63) is 47.1 Å². The summed E-state index contributed by atoms with van der Waals surface area (Å²) >= 11 is 0. The molecule has 0 amide bonds. The molecule has 0 bridgehead atoms. The number of allylic oxidation sites excluding steroid dienone is 4. The lowest BCUT2D eigenvalue weighted by Gasteiger charge is -2.52. The first-order chi connectivity index (χ1) is 11.5. The van der Waals surface area contributed by atoms with Crippen LogP contribution in [0.5, 0.6) is 0 Å². The van der Waals surface area contributed by atoms with Gasteiger partial charge in [-0.2, -0.15) is 0 Å². The molecule has 1 fully saturated rings. The number of hydrogen-bond acceptors (Lipinski definition) is 2. The number of carboxylic acids is 1. The van der Waals surface area contributed by atoms with E-state index in [1.807, 2.05) is 6.08 Å². The third kappa shape index (κ3) is 2.18. The highest BCUT2D eigenvalue weighted by Crippen LogP contribution is 2.71. The molecule has 1 saturated heterocycles. The van der Waals surface area contributed by atoms with Gasteiger partial charge in [0, 0.05) is 28.2 Å². The molecule has 3 heteroatoms. The number of rotatable bonds is 3. The zero-order valence-electron chi connectivity index (χ0n) is 16.4. The maximum absolute atomic E-state index is 11.1. The predicted octanol–water partition coefficient (Wildman–Crippen LogP) is 4.92. The summed E-state index contributed by atoms with van der Waals surface area (Å²) in [5.74, 6) is -0.670. The quantitative estimate of drug-likeness (QED) is 0.585. The van der Waals surface area contributed by atoms with E-state index in [9.17, 15) is 4.79 Å². The van der Waals surface area contributed by atoms with E-state index in [1.165, 1.54) is 22.8 Å². The van der Waals surface area contributed by atoms with Crippen molar-refractivity contribution in [3.8, 4) is 0 Å². The van der Waals surface area contributed by atoms with E-state index in [0.29, 0.717) is 0 Å². The van der Waals surface area contributed by atoms with Crippen LogP contribution in [0, 0.1) is 22.2 Å². The van der Waals surface area contributed by atoms with Crippen LogP contribution in [0.2, 0.25) is 0 Å². The molecule has 6 atom stereocenters. The molecule has 2 aliphatic carbocycles. The fourth-order valence-electron chi connectivity index (χ4n) is 6.20. The minimum absolute atomic E-state index is 0.0570. The van der Waals surface area contributed by atoms with Gasteiger partial charge in [0.2, 0.25) is 0 Å². The van der Waals surface area contributed by atoms with E-state index in [0.717, 1.165) is 0 Å². The Balaban J connectivity index is 2.21. The van der Waals surface area contributed by atoms with Crippen LogP contribution in [0.4, 0.5) is 0 Å². The van der Waals surface area contributed by atoms with Gasteiger partial charge in [-0.15, -0.1) is 0 Å². The number of carbonyl (C=O) groups is 1. The SMILES string of the molecule is C/C=C(\C)[C@H]1OC2C(C)=C[C@@](C)(/C=C/C(=O)O)[C@H]3C(C)=C[C@]1(C)[C@@]23C. The second-order valence-corrected chi connectivity index (χ2v) is 8.74. The summed E-state index contributed by atoms with van der Waals surface area (Å²) in [6.45, 7) is 15.3. The zero-order valence-corrected chi connectivity index (χ0v) is 16.4. The Morgan fingerprint density at radius 3 is 2.40 bits per heavy atom. The van der Waals surface area contributed by atoms with Crippen molar-refractivity contribution >= 4 is 5.97 Å². The first-order valence-corrected chi connectivity index (χ1v) is 9.10. The first kappa shape index (κ1) is 18.2. The average molecular weight is 342 g/mol. The van der Waals surface area contributed by atoms with Crippen molar-refractivity contribution < 1.29 is 14.6 Å². The van der Waals surface area contributed by atoms with Crippen LogP contribution in [0.15, 0.2) is 47.1 Å². The molecule has 3 aliphatic rings. The molecule has 0 spiro atoms. The van der Waals surface area contributed by atoms with Crippen molar-refractivity contribution in [2.45, 2.75) is 60.7 Å². The fourth-order valence-corrected chi connectivity index (χ4v) is 6.20. The van der Waals surface area contributed by atoms with Crippen molar-refractivity contribution in [1.29, 1.82) is 0 Å². The van der Waals surface area contributed by atoms with Gasteiger partial charge in [-0.1, -0.05) is 50.6 Å². The summed E-state index contributed by atoms with van der Waals surface area (Å²) in [5.41, 5.74) is 3.29. The van der Waals surface area contributed by atoms with Crippen LogP contribution in [-0.4, -0.2) is 23.3 Å². The number of ether oxygens (including phenoxy) is 1. The molecule has 25 heavy (non-hydrogen) atoms. The monoisotopic (exact) mass is 342 g/mol. The maximum atomic E-state index is 11.1. The summed E-state index contributed by atoms with van der Waals surface area (Å²) < 4.78 is 6.62. The summed E-state index contributed by atoms with van der Waals surface area (Å²) in [6.07, 6.45) is 10.0. The molecule has 0 aromatic rings. The molecular formula is C22H30O3. The van der Waals surface area contributed by atoms with Gasteiger partial charge in [0.05, 0.1) is 12.2 Å².